The monoisotopic (exact) mass is 286 g/mol. The summed E-state index contributed by atoms with van der Waals surface area (Å²) in [7, 11) is 0. The van der Waals surface area contributed by atoms with E-state index >= 15 is 0 Å². The van der Waals surface area contributed by atoms with Crippen molar-refractivity contribution in [3.05, 3.63) is 76.8 Å². The molecule has 0 unspecified atom stereocenters. The maximum absolute atomic E-state index is 12.0. The summed E-state index contributed by atoms with van der Waals surface area (Å²) in [5.41, 5.74) is 7.93. The molecule has 0 aliphatic heterocycles. The third-order valence-corrected chi connectivity index (χ3v) is 3.01. The van der Waals surface area contributed by atoms with Gasteiger partial charge in [0, 0.05) is 10.6 Å². The molecule has 0 aromatic heterocycles. The van der Waals surface area contributed by atoms with Crippen LogP contribution >= 0.6 is 11.6 Å². The van der Waals surface area contributed by atoms with Gasteiger partial charge in [-0.15, -0.1) is 0 Å². The molecular weight excluding hydrogens is 272 g/mol. The topological polar surface area (TPSA) is 41.1 Å². The first-order chi connectivity index (χ1) is 9.70. The number of carbonyl (C=O) groups is 1. The Hall–Kier alpha value is -2.26. The molecule has 0 saturated carbocycles. The van der Waals surface area contributed by atoms with E-state index in [9.17, 15) is 4.79 Å². The Morgan fingerprint density at radius 1 is 1.00 bits per heavy atom. The third-order valence-electron chi connectivity index (χ3n) is 2.77. The maximum atomic E-state index is 12.0. The fourth-order valence-electron chi connectivity index (χ4n) is 1.75. The van der Waals surface area contributed by atoms with Crippen molar-refractivity contribution in [1.29, 1.82) is 0 Å². The molecule has 2 rings (SSSR count). The van der Waals surface area contributed by atoms with Crippen LogP contribution in [0, 0.1) is 0 Å². The number of amides is 1. The molecular formula is C16H15ClN2O. The van der Waals surface area contributed by atoms with Gasteiger partial charge in [0.2, 0.25) is 0 Å². The summed E-state index contributed by atoms with van der Waals surface area (Å²) < 4.78 is 0. The van der Waals surface area contributed by atoms with Crippen LogP contribution in [-0.4, -0.2) is 5.91 Å². The zero-order valence-corrected chi connectivity index (χ0v) is 11.8. The second-order valence-electron chi connectivity index (χ2n) is 4.16. The van der Waals surface area contributed by atoms with E-state index in [4.69, 9.17) is 11.6 Å². The quantitative estimate of drug-likeness (QED) is 0.843. The number of hydrogen-bond acceptors (Lipinski definition) is 2. The average Bonchev–Trinajstić information content (AvgIpc) is 2.49. The standard InChI is InChI=1S/C16H15ClN2O/c1-2-15(12-7-4-3-5-8-12)18-19-16(20)13-9-6-10-14(17)11-13/h2-11,18H,1H3,(H,19,20). The molecule has 4 heteroatoms. The third kappa shape index (κ3) is 3.62. The number of nitrogens with one attached hydrogen (secondary N) is 2. The van der Waals surface area contributed by atoms with Crippen molar-refractivity contribution < 1.29 is 4.79 Å². The first kappa shape index (κ1) is 14.2. The van der Waals surface area contributed by atoms with Gasteiger partial charge in [-0.1, -0.05) is 54.1 Å². The molecule has 0 bridgehead atoms. The minimum absolute atomic E-state index is 0.234. The Morgan fingerprint density at radius 3 is 2.35 bits per heavy atom. The van der Waals surface area contributed by atoms with Crippen molar-refractivity contribution in [2.24, 2.45) is 0 Å². The zero-order chi connectivity index (χ0) is 14.4. The van der Waals surface area contributed by atoms with Gasteiger partial charge in [0.25, 0.3) is 5.91 Å². The van der Waals surface area contributed by atoms with Crippen LogP contribution in [0.3, 0.4) is 0 Å². The molecule has 1 amide bonds. The predicted molar refractivity (Wildman–Crippen MR) is 82.1 cm³/mol. The lowest BCUT2D eigenvalue weighted by atomic mass is 10.1. The Kier molecular flexibility index (Phi) is 4.80. The SMILES string of the molecule is CC=C(NNC(=O)c1cccc(Cl)c1)c1ccccc1. The van der Waals surface area contributed by atoms with E-state index in [1.807, 2.05) is 43.3 Å². The molecule has 0 spiro atoms. The fourth-order valence-corrected chi connectivity index (χ4v) is 1.94. The largest absolute Gasteiger partial charge is 0.298 e. The number of rotatable bonds is 4. The number of allylic oxidation sites excluding steroid dienone is 1. The van der Waals surface area contributed by atoms with E-state index in [1.165, 1.54) is 0 Å². The molecule has 2 N–H and O–H groups in total. The van der Waals surface area contributed by atoms with E-state index in [2.05, 4.69) is 10.9 Å². The van der Waals surface area contributed by atoms with Crippen LogP contribution in [0.2, 0.25) is 5.02 Å². The van der Waals surface area contributed by atoms with Gasteiger partial charge in [0.05, 0.1) is 5.70 Å². The van der Waals surface area contributed by atoms with E-state index in [1.54, 1.807) is 24.3 Å². The summed E-state index contributed by atoms with van der Waals surface area (Å²) in [6.07, 6.45) is 1.90. The number of hydrogen-bond donors (Lipinski definition) is 2. The van der Waals surface area contributed by atoms with Crippen LogP contribution in [0.1, 0.15) is 22.8 Å². The Morgan fingerprint density at radius 2 is 1.70 bits per heavy atom. The molecule has 0 heterocycles. The lowest BCUT2D eigenvalue weighted by Gasteiger charge is -2.12. The second-order valence-corrected chi connectivity index (χ2v) is 4.59. The molecule has 0 radical (unpaired) electrons. The van der Waals surface area contributed by atoms with E-state index in [-0.39, 0.29) is 5.91 Å². The molecule has 2 aromatic rings. The Labute approximate surface area is 123 Å². The predicted octanol–water partition coefficient (Wildman–Crippen LogP) is 3.64. The van der Waals surface area contributed by atoms with Gasteiger partial charge in [0.1, 0.15) is 0 Å². The summed E-state index contributed by atoms with van der Waals surface area (Å²) >= 11 is 5.86. The highest BCUT2D eigenvalue weighted by molar-refractivity contribution is 6.30. The van der Waals surface area contributed by atoms with Crippen molar-refractivity contribution in [3.63, 3.8) is 0 Å². The van der Waals surface area contributed by atoms with Gasteiger partial charge in [-0.2, -0.15) is 0 Å². The normalized spacial score (nSPS) is 11.0. The highest BCUT2D eigenvalue weighted by atomic mass is 35.5. The minimum atomic E-state index is -0.234. The van der Waals surface area contributed by atoms with Crippen LogP contribution < -0.4 is 10.9 Å². The number of halogens is 1. The summed E-state index contributed by atoms with van der Waals surface area (Å²) in [6.45, 7) is 1.90. The van der Waals surface area contributed by atoms with Crippen LogP contribution in [0.25, 0.3) is 5.70 Å². The van der Waals surface area contributed by atoms with Crippen molar-refractivity contribution in [3.8, 4) is 0 Å². The molecule has 3 nitrogen and oxygen atoms in total. The number of hydrazine groups is 1. The van der Waals surface area contributed by atoms with Crippen molar-refractivity contribution in [1.82, 2.24) is 10.9 Å². The molecule has 20 heavy (non-hydrogen) atoms. The molecule has 0 saturated heterocycles. The van der Waals surface area contributed by atoms with Crippen LogP contribution in [0.15, 0.2) is 60.7 Å². The van der Waals surface area contributed by atoms with Gasteiger partial charge in [-0.05, 0) is 30.7 Å². The summed E-state index contributed by atoms with van der Waals surface area (Å²) in [4.78, 5) is 12.0. The molecule has 0 aliphatic carbocycles. The van der Waals surface area contributed by atoms with Crippen LogP contribution in [0.5, 0.6) is 0 Å². The van der Waals surface area contributed by atoms with Crippen molar-refractivity contribution in [2.45, 2.75) is 6.92 Å². The van der Waals surface area contributed by atoms with Gasteiger partial charge in [-0.3, -0.25) is 15.6 Å². The van der Waals surface area contributed by atoms with Gasteiger partial charge < -0.3 is 0 Å². The van der Waals surface area contributed by atoms with Crippen LogP contribution in [-0.2, 0) is 0 Å². The van der Waals surface area contributed by atoms with Crippen molar-refractivity contribution >= 4 is 23.2 Å². The second kappa shape index (κ2) is 6.78. The highest BCUT2D eigenvalue weighted by Crippen LogP contribution is 2.11. The molecule has 2 aromatic carbocycles. The van der Waals surface area contributed by atoms with E-state index < -0.39 is 0 Å². The van der Waals surface area contributed by atoms with Gasteiger partial charge >= 0.3 is 0 Å². The molecule has 102 valence electrons. The molecule has 0 fully saturated rings. The summed E-state index contributed by atoms with van der Waals surface area (Å²) in [5, 5.41) is 0.534. The van der Waals surface area contributed by atoms with Crippen molar-refractivity contribution in [2.75, 3.05) is 0 Å². The lowest BCUT2D eigenvalue weighted by Crippen LogP contribution is -2.36. The zero-order valence-electron chi connectivity index (χ0n) is 11.1. The van der Waals surface area contributed by atoms with Gasteiger partial charge in [-0.25, -0.2) is 0 Å². The lowest BCUT2D eigenvalue weighted by molar-refractivity contribution is 0.0942. The minimum Gasteiger partial charge on any atom is -0.298 e. The van der Waals surface area contributed by atoms with E-state index in [0.717, 1.165) is 11.3 Å². The maximum Gasteiger partial charge on any atom is 0.269 e. The van der Waals surface area contributed by atoms with E-state index in [0.29, 0.717) is 10.6 Å². The molecule has 0 atom stereocenters. The smallest absolute Gasteiger partial charge is 0.269 e. The fraction of sp³-hybridized carbons (Fsp3) is 0.0625. The first-order valence-electron chi connectivity index (χ1n) is 6.24. The summed E-state index contributed by atoms with van der Waals surface area (Å²) in [6, 6.07) is 16.6. The van der Waals surface area contributed by atoms with Gasteiger partial charge in [0.15, 0.2) is 0 Å². The highest BCUT2D eigenvalue weighted by Gasteiger charge is 2.06. The molecule has 0 aliphatic rings. The number of carbonyl (C=O) groups excluding carboxylic acids is 1. The average molecular weight is 287 g/mol. The Bertz CT molecular complexity index is 623. The number of benzene rings is 2. The Balaban J connectivity index is 2.03. The summed E-state index contributed by atoms with van der Waals surface area (Å²) in [5.74, 6) is -0.234. The van der Waals surface area contributed by atoms with Crippen LogP contribution in [0.4, 0.5) is 0 Å². The first-order valence-corrected chi connectivity index (χ1v) is 6.62.